The summed E-state index contributed by atoms with van der Waals surface area (Å²) in [5, 5.41) is 9.70. The van der Waals surface area contributed by atoms with Crippen molar-refractivity contribution in [3.63, 3.8) is 0 Å². The van der Waals surface area contributed by atoms with Crippen LogP contribution in [-0.2, 0) is 11.3 Å². The third-order valence-corrected chi connectivity index (χ3v) is 4.05. The molecule has 0 radical (unpaired) electrons. The van der Waals surface area contributed by atoms with Crippen LogP contribution in [0.25, 0.3) is 0 Å². The number of carbonyl (C=O) groups excluding carboxylic acids is 1. The average molecular weight is 343 g/mol. The van der Waals surface area contributed by atoms with Gasteiger partial charge in [-0.1, -0.05) is 6.42 Å². The number of amides is 1. The van der Waals surface area contributed by atoms with Crippen LogP contribution in [0.3, 0.4) is 0 Å². The molecule has 2 rings (SSSR count). The quantitative estimate of drug-likeness (QED) is 0.818. The molecule has 0 unspecified atom stereocenters. The topological polar surface area (TPSA) is 76.0 Å². The Morgan fingerprint density at radius 1 is 1.55 bits per heavy atom. The van der Waals surface area contributed by atoms with Gasteiger partial charge in [-0.25, -0.2) is 4.68 Å². The van der Waals surface area contributed by atoms with Gasteiger partial charge in [0, 0.05) is 13.1 Å². The van der Waals surface area contributed by atoms with E-state index in [2.05, 4.69) is 31.7 Å². The fraction of sp³-hybridized carbons (Fsp3) is 0.615. The van der Waals surface area contributed by atoms with Crippen LogP contribution < -0.4 is 16.2 Å². The van der Waals surface area contributed by atoms with Crippen LogP contribution >= 0.6 is 15.9 Å². The van der Waals surface area contributed by atoms with Crippen LogP contribution in [0.4, 0.5) is 5.69 Å². The summed E-state index contributed by atoms with van der Waals surface area (Å²) in [7, 11) is 0. The zero-order chi connectivity index (χ0) is 14.5. The Labute approximate surface area is 126 Å². The van der Waals surface area contributed by atoms with Gasteiger partial charge >= 0.3 is 0 Å². The lowest BCUT2D eigenvalue weighted by Crippen LogP contribution is -2.34. The van der Waals surface area contributed by atoms with Gasteiger partial charge in [0.25, 0.3) is 5.56 Å². The van der Waals surface area contributed by atoms with Crippen molar-refractivity contribution in [3.8, 4) is 0 Å². The SMILES string of the molecule is CCNC(=O)CNc1c(Br)cnn(CC2CCC2)c1=O. The lowest BCUT2D eigenvalue weighted by molar-refractivity contribution is -0.119. The number of anilines is 1. The summed E-state index contributed by atoms with van der Waals surface area (Å²) in [6.07, 6.45) is 5.15. The molecule has 0 atom stereocenters. The van der Waals surface area contributed by atoms with E-state index < -0.39 is 0 Å². The first-order valence-electron chi connectivity index (χ1n) is 6.88. The van der Waals surface area contributed by atoms with Gasteiger partial charge < -0.3 is 10.6 Å². The molecule has 0 aliphatic heterocycles. The molecular formula is C13H19BrN4O2. The predicted molar refractivity (Wildman–Crippen MR) is 80.7 cm³/mol. The Kier molecular flexibility index (Phi) is 5.17. The summed E-state index contributed by atoms with van der Waals surface area (Å²) in [4.78, 5) is 23.8. The van der Waals surface area contributed by atoms with Gasteiger partial charge in [0.1, 0.15) is 5.69 Å². The van der Waals surface area contributed by atoms with Gasteiger partial charge in [-0.3, -0.25) is 9.59 Å². The van der Waals surface area contributed by atoms with E-state index in [9.17, 15) is 9.59 Å². The summed E-state index contributed by atoms with van der Waals surface area (Å²) in [6.45, 7) is 3.16. The molecule has 1 amide bonds. The zero-order valence-corrected chi connectivity index (χ0v) is 13.1. The van der Waals surface area contributed by atoms with E-state index in [0.29, 0.717) is 29.2 Å². The second-order valence-corrected chi connectivity index (χ2v) is 5.81. The van der Waals surface area contributed by atoms with Crippen LogP contribution in [0.5, 0.6) is 0 Å². The standard InChI is InChI=1S/C13H19BrN4O2/c1-2-15-11(19)7-16-12-10(14)6-17-18(13(12)20)8-9-4-3-5-9/h6,9,16H,2-5,7-8H2,1H3,(H,15,19). The van der Waals surface area contributed by atoms with E-state index in [4.69, 9.17) is 0 Å². The van der Waals surface area contributed by atoms with E-state index in [0.717, 1.165) is 12.8 Å². The average Bonchev–Trinajstić information content (AvgIpc) is 2.36. The van der Waals surface area contributed by atoms with Crippen molar-refractivity contribution in [1.29, 1.82) is 0 Å². The van der Waals surface area contributed by atoms with Crippen molar-refractivity contribution >= 4 is 27.5 Å². The van der Waals surface area contributed by atoms with Gasteiger partial charge in [-0.2, -0.15) is 5.10 Å². The molecule has 0 spiro atoms. The third-order valence-electron chi connectivity index (χ3n) is 3.45. The molecule has 2 N–H and O–H groups in total. The number of hydrogen-bond acceptors (Lipinski definition) is 4. The lowest BCUT2D eigenvalue weighted by Gasteiger charge is -2.25. The van der Waals surface area contributed by atoms with Crippen LogP contribution in [0.2, 0.25) is 0 Å². The molecule has 0 bridgehead atoms. The normalized spacial score (nSPS) is 14.7. The summed E-state index contributed by atoms with van der Waals surface area (Å²) >= 11 is 3.30. The fourth-order valence-electron chi connectivity index (χ4n) is 2.11. The van der Waals surface area contributed by atoms with E-state index in [1.807, 2.05) is 6.92 Å². The molecule has 110 valence electrons. The van der Waals surface area contributed by atoms with E-state index in [-0.39, 0.29) is 18.0 Å². The second kappa shape index (κ2) is 6.88. The lowest BCUT2D eigenvalue weighted by atomic mass is 9.85. The van der Waals surface area contributed by atoms with Crippen molar-refractivity contribution in [2.45, 2.75) is 32.7 Å². The minimum Gasteiger partial charge on any atom is -0.371 e. The first-order valence-corrected chi connectivity index (χ1v) is 7.67. The van der Waals surface area contributed by atoms with E-state index >= 15 is 0 Å². The first-order chi connectivity index (χ1) is 9.61. The smallest absolute Gasteiger partial charge is 0.291 e. The van der Waals surface area contributed by atoms with Crippen molar-refractivity contribution < 1.29 is 4.79 Å². The monoisotopic (exact) mass is 342 g/mol. The maximum atomic E-state index is 12.3. The minimum atomic E-state index is -0.185. The third kappa shape index (κ3) is 3.59. The molecule has 20 heavy (non-hydrogen) atoms. The molecule has 6 nitrogen and oxygen atoms in total. The first kappa shape index (κ1) is 15.0. The number of likely N-dealkylation sites (N-methyl/N-ethyl adjacent to an activating group) is 1. The second-order valence-electron chi connectivity index (χ2n) is 4.96. The summed E-state index contributed by atoms with van der Waals surface area (Å²) in [5.74, 6) is 0.416. The Hall–Kier alpha value is -1.37. The van der Waals surface area contributed by atoms with E-state index in [1.54, 1.807) is 6.20 Å². The summed E-state index contributed by atoms with van der Waals surface area (Å²) in [6, 6.07) is 0. The number of aromatic nitrogens is 2. The van der Waals surface area contributed by atoms with Crippen molar-refractivity contribution in [2.75, 3.05) is 18.4 Å². The number of carbonyl (C=O) groups is 1. The fourth-order valence-corrected chi connectivity index (χ4v) is 2.51. The largest absolute Gasteiger partial charge is 0.371 e. The number of hydrogen-bond donors (Lipinski definition) is 2. The Bertz CT molecular complexity index is 540. The molecule has 1 heterocycles. The predicted octanol–water partition coefficient (Wildman–Crippen LogP) is 1.35. The molecule has 7 heteroatoms. The Morgan fingerprint density at radius 3 is 2.90 bits per heavy atom. The molecule has 0 saturated heterocycles. The molecule has 1 aromatic rings. The highest BCUT2D eigenvalue weighted by molar-refractivity contribution is 9.10. The van der Waals surface area contributed by atoms with Crippen LogP contribution in [-0.4, -0.2) is 28.8 Å². The highest BCUT2D eigenvalue weighted by Crippen LogP contribution is 2.27. The minimum absolute atomic E-state index is 0.0785. The molecule has 1 aliphatic carbocycles. The van der Waals surface area contributed by atoms with Gasteiger partial charge in [0.05, 0.1) is 17.2 Å². The summed E-state index contributed by atoms with van der Waals surface area (Å²) < 4.78 is 2.06. The Balaban J connectivity index is 2.08. The molecule has 1 aromatic heterocycles. The van der Waals surface area contributed by atoms with Crippen LogP contribution in [0, 0.1) is 5.92 Å². The van der Waals surface area contributed by atoms with Gasteiger partial charge in [-0.15, -0.1) is 0 Å². The van der Waals surface area contributed by atoms with Crippen LogP contribution in [0.1, 0.15) is 26.2 Å². The van der Waals surface area contributed by atoms with Gasteiger partial charge in [0.15, 0.2) is 0 Å². The molecule has 1 aliphatic rings. The zero-order valence-electron chi connectivity index (χ0n) is 11.5. The van der Waals surface area contributed by atoms with Crippen LogP contribution in [0.15, 0.2) is 15.5 Å². The molecular weight excluding hydrogens is 324 g/mol. The van der Waals surface area contributed by atoms with Crippen molar-refractivity contribution in [1.82, 2.24) is 15.1 Å². The highest BCUT2D eigenvalue weighted by atomic mass is 79.9. The number of halogens is 1. The summed E-state index contributed by atoms with van der Waals surface area (Å²) in [5.41, 5.74) is 0.209. The van der Waals surface area contributed by atoms with Gasteiger partial charge in [0.2, 0.25) is 5.91 Å². The number of rotatable bonds is 6. The Morgan fingerprint density at radius 2 is 2.30 bits per heavy atom. The maximum absolute atomic E-state index is 12.3. The maximum Gasteiger partial charge on any atom is 0.291 e. The van der Waals surface area contributed by atoms with Crippen molar-refractivity contribution in [3.05, 3.63) is 21.0 Å². The van der Waals surface area contributed by atoms with Crippen molar-refractivity contribution in [2.24, 2.45) is 5.92 Å². The number of nitrogens with one attached hydrogen (secondary N) is 2. The molecule has 0 aromatic carbocycles. The molecule has 1 saturated carbocycles. The molecule has 1 fully saturated rings. The number of nitrogens with zero attached hydrogens (tertiary/aromatic N) is 2. The van der Waals surface area contributed by atoms with E-state index in [1.165, 1.54) is 11.1 Å². The highest BCUT2D eigenvalue weighted by Gasteiger charge is 2.20. The van der Waals surface area contributed by atoms with Gasteiger partial charge in [-0.05, 0) is 41.6 Å².